The first-order valence-corrected chi connectivity index (χ1v) is 12.9. The molecular formula is C18H24N2O8S2. The van der Waals surface area contributed by atoms with Crippen molar-refractivity contribution in [2.24, 2.45) is 10.3 Å². The van der Waals surface area contributed by atoms with Crippen molar-refractivity contribution in [3.8, 4) is 0 Å². The molecule has 0 radical (unpaired) electrons. The Kier molecular flexibility index (Phi) is 4.99. The van der Waals surface area contributed by atoms with Crippen LogP contribution in [-0.4, -0.2) is 67.7 Å². The summed E-state index contributed by atoms with van der Waals surface area (Å²) in [4.78, 5) is -0.317. The molecule has 4 atom stereocenters. The predicted octanol–water partition coefficient (Wildman–Crippen LogP) is -1.25. The Morgan fingerprint density at radius 1 is 0.567 bits per heavy atom. The van der Waals surface area contributed by atoms with Crippen molar-refractivity contribution < 1.29 is 35.8 Å². The van der Waals surface area contributed by atoms with Gasteiger partial charge >= 0.3 is 0 Å². The molecule has 0 aliphatic carbocycles. The number of sulfonamides is 2. The minimum Gasteiger partial charge on any atom is -0.373 e. The molecule has 166 valence electrons. The zero-order valence-corrected chi connectivity index (χ0v) is 17.8. The number of primary sulfonamides is 2. The van der Waals surface area contributed by atoms with Crippen LogP contribution in [0.2, 0.25) is 0 Å². The Balaban J connectivity index is 1.82. The second-order valence-electron chi connectivity index (χ2n) is 8.30. The van der Waals surface area contributed by atoms with Gasteiger partial charge in [-0.05, 0) is 22.3 Å². The lowest BCUT2D eigenvalue weighted by Crippen LogP contribution is -2.27. The van der Waals surface area contributed by atoms with Gasteiger partial charge in [-0.1, -0.05) is 0 Å². The van der Waals surface area contributed by atoms with Gasteiger partial charge in [0, 0.05) is 25.7 Å². The number of rotatable bonds is 10. The smallest absolute Gasteiger partial charge is 0.238 e. The third kappa shape index (κ3) is 4.55. The zero-order chi connectivity index (χ0) is 21.3. The van der Waals surface area contributed by atoms with Gasteiger partial charge in [-0.2, -0.15) is 0 Å². The number of epoxide rings is 4. The summed E-state index contributed by atoms with van der Waals surface area (Å²) in [5, 5.41) is 11.3. The van der Waals surface area contributed by atoms with Gasteiger partial charge in [0.1, 0.15) is 0 Å². The van der Waals surface area contributed by atoms with Crippen molar-refractivity contribution in [1.29, 1.82) is 0 Å². The van der Waals surface area contributed by atoms with Crippen molar-refractivity contribution in [2.75, 3.05) is 26.4 Å². The highest BCUT2D eigenvalue weighted by Crippen LogP contribution is 2.40. The Morgan fingerprint density at radius 3 is 1.10 bits per heavy atom. The standard InChI is InChI=1S/C18H24N2O8S2/c19-29(21,22)17-14(2-10-6-26-10)13(1-9-5-25-9)15(3-11-7-27-11)18(30(20,23)24)16(17)4-12-8-28-12/h9-12H,1-8H2,(H2,19,21,22)(H2,20,23,24). The fraction of sp³-hybridized carbons (Fsp3) is 0.667. The third-order valence-corrected chi connectivity index (χ3v) is 7.85. The van der Waals surface area contributed by atoms with E-state index in [1.165, 1.54) is 0 Å². The Hall–Kier alpha value is -1.12. The minimum atomic E-state index is -4.25. The number of hydrogen-bond acceptors (Lipinski definition) is 8. The van der Waals surface area contributed by atoms with Crippen LogP contribution in [0.15, 0.2) is 9.79 Å². The minimum absolute atomic E-state index is 0.0954. The fourth-order valence-corrected chi connectivity index (χ4v) is 6.35. The maximum atomic E-state index is 12.8. The summed E-state index contributed by atoms with van der Waals surface area (Å²) in [7, 11) is -8.51. The summed E-state index contributed by atoms with van der Waals surface area (Å²) in [6.45, 7) is 1.99. The van der Waals surface area contributed by atoms with Crippen LogP contribution in [0, 0.1) is 0 Å². The van der Waals surface area contributed by atoms with Crippen molar-refractivity contribution in [1.82, 2.24) is 0 Å². The highest BCUT2D eigenvalue weighted by atomic mass is 32.2. The van der Waals surface area contributed by atoms with Gasteiger partial charge in [0.05, 0.1) is 60.6 Å². The highest BCUT2D eigenvalue weighted by Gasteiger charge is 2.41. The largest absolute Gasteiger partial charge is 0.373 e. The number of benzene rings is 1. The Bertz CT molecular complexity index is 1010. The molecule has 12 heteroatoms. The summed E-state index contributed by atoms with van der Waals surface area (Å²) < 4.78 is 72.4. The Morgan fingerprint density at radius 2 is 0.833 bits per heavy atom. The van der Waals surface area contributed by atoms with Crippen LogP contribution >= 0.6 is 0 Å². The maximum Gasteiger partial charge on any atom is 0.238 e. The van der Waals surface area contributed by atoms with Crippen molar-refractivity contribution in [3.05, 3.63) is 22.3 Å². The molecule has 0 bridgehead atoms. The van der Waals surface area contributed by atoms with Gasteiger partial charge in [0.2, 0.25) is 20.0 Å². The topological polar surface area (TPSA) is 170 Å². The molecule has 4 unspecified atom stereocenters. The second kappa shape index (κ2) is 7.20. The molecule has 0 saturated carbocycles. The molecule has 5 rings (SSSR count). The summed E-state index contributed by atoms with van der Waals surface area (Å²) in [5.41, 5.74) is 1.76. The molecular weight excluding hydrogens is 436 g/mol. The van der Waals surface area contributed by atoms with Crippen molar-refractivity contribution in [2.45, 2.75) is 59.9 Å². The summed E-state index contributed by atoms with van der Waals surface area (Å²) >= 11 is 0. The van der Waals surface area contributed by atoms with Crippen molar-refractivity contribution >= 4 is 20.0 Å². The van der Waals surface area contributed by atoms with E-state index in [0.717, 1.165) is 0 Å². The van der Waals surface area contributed by atoms with Gasteiger partial charge in [-0.3, -0.25) is 0 Å². The van der Waals surface area contributed by atoms with Crippen molar-refractivity contribution in [3.63, 3.8) is 0 Å². The number of ether oxygens (including phenoxy) is 4. The van der Waals surface area contributed by atoms with Gasteiger partial charge in [-0.15, -0.1) is 0 Å². The zero-order valence-electron chi connectivity index (χ0n) is 16.2. The molecule has 4 aliphatic rings. The van der Waals surface area contributed by atoms with E-state index in [1.54, 1.807) is 0 Å². The van der Waals surface area contributed by atoms with E-state index in [9.17, 15) is 16.8 Å². The second-order valence-corrected chi connectivity index (χ2v) is 11.3. The molecule has 1 aromatic carbocycles. The lowest BCUT2D eigenvalue weighted by Gasteiger charge is -2.24. The highest BCUT2D eigenvalue weighted by molar-refractivity contribution is 7.90. The van der Waals surface area contributed by atoms with Gasteiger partial charge in [0.15, 0.2) is 0 Å². The lowest BCUT2D eigenvalue weighted by atomic mass is 9.88. The maximum absolute atomic E-state index is 12.8. The summed E-state index contributed by atoms with van der Waals surface area (Å²) in [5.74, 6) is 0. The summed E-state index contributed by atoms with van der Waals surface area (Å²) in [6, 6.07) is 0. The average Bonchev–Trinajstić information content (AvgIpc) is 3.45. The van der Waals surface area contributed by atoms with Crippen LogP contribution in [-0.2, 0) is 64.7 Å². The fourth-order valence-electron chi connectivity index (χ4n) is 4.13. The Labute approximate surface area is 174 Å². The first-order chi connectivity index (χ1) is 14.1. The van der Waals surface area contributed by atoms with Crippen LogP contribution < -0.4 is 10.3 Å². The van der Waals surface area contributed by atoms with Crippen LogP contribution in [0.5, 0.6) is 0 Å². The van der Waals surface area contributed by atoms with Crippen LogP contribution in [0.25, 0.3) is 0 Å². The normalized spacial score (nSPS) is 29.7. The number of hydrogen-bond donors (Lipinski definition) is 2. The van der Waals surface area contributed by atoms with Crippen LogP contribution in [0.1, 0.15) is 22.3 Å². The first-order valence-electron chi connectivity index (χ1n) is 9.82. The van der Waals surface area contributed by atoms with E-state index in [2.05, 4.69) is 0 Å². The molecule has 30 heavy (non-hydrogen) atoms. The van der Waals surface area contributed by atoms with E-state index in [1.807, 2.05) is 0 Å². The molecule has 0 amide bonds. The van der Waals surface area contributed by atoms with Gasteiger partial charge in [0.25, 0.3) is 0 Å². The SMILES string of the molecule is NS(=O)(=O)c1c(CC2CO2)c(CC2CO2)c(CC2CO2)c(S(N)(=O)=O)c1CC1CO1. The molecule has 4 saturated heterocycles. The summed E-state index contributed by atoms with van der Waals surface area (Å²) in [6.07, 6.45) is 0.538. The molecule has 1 aromatic rings. The van der Waals surface area contributed by atoms with E-state index in [4.69, 9.17) is 29.2 Å². The van der Waals surface area contributed by atoms with Crippen LogP contribution in [0.3, 0.4) is 0 Å². The average molecular weight is 461 g/mol. The molecule has 0 aromatic heterocycles. The van der Waals surface area contributed by atoms with E-state index in [-0.39, 0.29) is 46.2 Å². The molecule has 4 heterocycles. The van der Waals surface area contributed by atoms with E-state index < -0.39 is 20.0 Å². The van der Waals surface area contributed by atoms with Gasteiger partial charge < -0.3 is 18.9 Å². The molecule has 4 aliphatic heterocycles. The lowest BCUT2D eigenvalue weighted by molar-refractivity contribution is 0.394. The first kappa shape index (κ1) is 20.8. The predicted molar refractivity (Wildman–Crippen MR) is 103 cm³/mol. The van der Waals surface area contributed by atoms with E-state index in [0.29, 0.717) is 62.4 Å². The molecule has 4 fully saturated rings. The molecule has 0 spiro atoms. The molecule has 10 nitrogen and oxygen atoms in total. The van der Waals surface area contributed by atoms with E-state index >= 15 is 0 Å². The monoisotopic (exact) mass is 460 g/mol. The quantitative estimate of drug-likeness (QED) is 0.408. The van der Waals surface area contributed by atoms with Gasteiger partial charge in [-0.25, -0.2) is 27.1 Å². The van der Waals surface area contributed by atoms with Crippen LogP contribution in [0.4, 0.5) is 0 Å². The number of nitrogens with two attached hydrogens (primary N) is 2. The molecule has 4 N–H and O–H groups in total. The third-order valence-electron chi connectivity index (χ3n) is 5.73.